The number of aromatic nitrogens is 2. The van der Waals surface area contributed by atoms with Crippen molar-refractivity contribution in [1.29, 1.82) is 0 Å². The van der Waals surface area contributed by atoms with Gasteiger partial charge in [-0.25, -0.2) is 4.98 Å². The maximum absolute atomic E-state index is 12.6. The van der Waals surface area contributed by atoms with E-state index in [4.69, 9.17) is 0 Å². The van der Waals surface area contributed by atoms with Gasteiger partial charge in [0.15, 0.2) is 0 Å². The number of amides is 1. The number of nitro groups is 1. The highest BCUT2D eigenvalue weighted by Crippen LogP contribution is 2.42. The first-order valence-corrected chi connectivity index (χ1v) is 10.1. The lowest BCUT2D eigenvalue weighted by Crippen LogP contribution is -2.28. The molecule has 8 nitrogen and oxygen atoms in total. The van der Waals surface area contributed by atoms with Crippen LogP contribution in [0.25, 0.3) is 11.0 Å². The largest absolute Gasteiger partial charge is 0.319 e. The SMILES string of the molecule is CC(C)c1nc2ccc(N3C(=O)CSC3c3ccc([N+](=O)[O-])cc3)cc2[nH]c1=O. The van der Waals surface area contributed by atoms with Crippen molar-refractivity contribution >= 4 is 40.1 Å². The van der Waals surface area contributed by atoms with Crippen LogP contribution in [0.3, 0.4) is 0 Å². The number of non-ortho nitro benzene ring substituents is 1. The molecule has 0 aliphatic carbocycles. The van der Waals surface area contributed by atoms with Crippen LogP contribution >= 0.6 is 11.8 Å². The van der Waals surface area contributed by atoms with Crippen LogP contribution < -0.4 is 10.5 Å². The van der Waals surface area contributed by atoms with E-state index in [1.807, 2.05) is 13.8 Å². The molecule has 1 aromatic heterocycles. The standard InChI is InChI=1S/C20H18N4O4S/c1-11(2)18-19(26)22-16-9-14(7-8-15(16)21-18)23-17(25)10-29-20(23)12-3-5-13(6-4-12)24(27)28/h3-9,11,20H,10H2,1-2H3,(H,22,26). The molecule has 1 unspecified atom stereocenters. The zero-order valence-electron chi connectivity index (χ0n) is 15.8. The Hall–Kier alpha value is -3.20. The van der Waals surface area contributed by atoms with Crippen LogP contribution in [-0.2, 0) is 4.79 Å². The number of nitrogens with zero attached hydrogens (tertiary/aromatic N) is 3. The molecule has 1 aliphatic heterocycles. The van der Waals surface area contributed by atoms with Crippen molar-refractivity contribution in [3.05, 3.63) is 74.2 Å². The third kappa shape index (κ3) is 3.49. The maximum Gasteiger partial charge on any atom is 0.270 e. The van der Waals surface area contributed by atoms with Gasteiger partial charge in [0, 0.05) is 23.7 Å². The molecular weight excluding hydrogens is 392 g/mol. The number of hydrogen-bond donors (Lipinski definition) is 1. The highest BCUT2D eigenvalue weighted by Gasteiger charge is 2.34. The molecular formula is C20H18N4O4S. The van der Waals surface area contributed by atoms with Gasteiger partial charge in [0.05, 0.1) is 21.7 Å². The lowest BCUT2D eigenvalue weighted by Gasteiger charge is -2.24. The first-order chi connectivity index (χ1) is 13.8. The van der Waals surface area contributed by atoms with Crippen LogP contribution in [0.15, 0.2) is 47.3 Å². The minimum absolute atomic E-state index is 0.00457. The van der Waals surface area contributed by atoms with E-state index in [0.717, 1.165) is 5.56 Å². The van der Waals surface area contributed by atoms with Gasteiger partial charge < -0.3 is 4.98 Å². The van der Waals surface area contributed by atoms with Gasteiger partial charge in [-0.15, -0.1) is 11.8 Å². The van der Waals surface area contributed by atoms with Gasteiger partial charge in [-0.05, 0) is 35.9 Å². The summed E-state index contributed by atoms with van der Waals surface area (Å²) in [5.74, 6) is 0.249. The molecule has 148 valence electrons. The summed E-state index contributed by atoms with van der Waals surface area (Å²) in [4.78, 5) is 44.3. The quantitative estimate of drug-likeness (QED) is 0.518. The van der Waals surface area contributed by atoms with E-state index in [1.165, 1.54) is 23.9 Å². The second kappa shape index (κ2) is 7.32. The van der Waals surface area contributed by atoms with Crippen LogP contribution in [0.2, 0.25) is 0 Å². The van der Waals surface area contributed by atoms with E-state index >= 15 is 0 Å². The fourth-order valence-electron chi connectivity index (χ4n) is 3.34. The highest BCUT2D eigenvalue weighted by molar-refractivity contribution is 8.00. The highest BCUT2D eigenvalue weighted by atomic mass is 32.2. The summed E-state index contributed by atoms with van der Waals surface area (Å²) in [6.45, 7) is 3.82. The molecule has 1 amide bonds. The Morgan fingerprint density at radius 3 is 2.59 bits per heavy atom. The zero-order chi connectivity index (χ0) is 20.7. The molecule has 4 rings (SSSR count). The molecule has 2 heterocycles. The summed E-state index contributed by atoms with van der Waals surface area (Å²) in [5.41, 5.74) is 2.90. The molecule has 1 atom stereocenters. The van der Waals surface area contributed by atoms with Crippen molar-refractivity contribution in [2.75, 3.05) is 10.7 Å². The Morgan fingerprint density at radius 1 is 1.21 bits per heavy atom. The number of aromatic amines is 1. The van der Waals surface area contributed by atoms with E-state index in [1.54, 1.807) is 35.2 Å². The summed E-state index contributed by atoms with van der Waals surface area (Å²) in [6.07, 6.45) is 0. The summed E-state index contributed by atoms with van der Waals surface area (Å²) in [6, 6.07) is 11.5. The second-order valence-electron chi connectivity index (χ2n) is 7.08. The van der Waals surface area contributed by atoms with Crippen molar-refractivity contribution in [3.8, 4) is 0 Å². The number of anilines is 1. The number of hydrogen-bond acceptors (Lipinski definition) is 6. The number of carbonyl (C=O) groups is 1. The Morgan fingerprint density at radius 2 is 1.93 bits per heavy atom. The van der Waals surface area contributed by atoms with Crippen LogP contribution in [-0.4, -0.2) is 26.6 Å². The Balaban J connectivity index is 1.74. The van der Waals surface area contributed by atoms with Crippen LogP contribution in [0.1, 0.15) is 36.4 Å². The van der Waals surface area contributed by atoms with Crippen molar-refractivity contribution in [1.82, 2.24) is 9.97 Å². The van der Waals surface area contributed by atoms with Gasteiger partial charge in [0.2, 0.25) is 5.91 Å². The predicted molar refractivity (Wildman–Crippen MR) is 112 cm³/mol. The van der Waals surface area contributed by atoms with Crippen LogP contribution in [0, 0.1) is 10.1 Å². The Labute approximate surface area is 170 Å². The molecule has 3 aromatic rings. The molecule has 0 spiro atoms. The van der Waals surface area contributed by atoms with E-state index in [9.17, 15) is 19.7 Å². The number of thioether (sulfide) groups is 1. The summed E-state index contributed by atoms with van der Waals surface area (Å²) in [7, 11) is 0. The normalized spacial score (nSPS) is 16.7. The smallest absolute Gasteiger partial charge is 0.270 e. The molecule has 2 aromatic carbocycles. The molecule has 29 heavy (non-hydrogen) atoms. The molecule has 0 radical (unpaired) electrons. The van der Waals surface area contributed by atoms with Crippen molar-refractivity contribution in [3.63, 3.8) is 0 Å². The number of fused-ring (bicyclic) bond motifs is 1. The minimum atomic E-state index is -0.452. The third-order valence-corrected chi connectivity index (χ3v) is 6.00. The topological polar surface area (TPSA) is 109 Å². The van der Waals surface area contributed by atoms with Crippen molar-refractivity contribution < 1.29 is 9.72 Å². The zero-order valence-corrected chi connectivity index (χ0v) is 16.6. The van der Waals surface area contributed by atoms with Gasteiger partial charge in [-0.3, -0.25) is 24.6 Å². The second-order valence-corrected chi connectivity index (χ2v) is 8.15. The van der Waals surface area contributed by atoms with Gasteiger partial charge in [-0.1, -0.05) is 13.8 Å². The number of nitrogens with one attached hydrogen (secondary N) is 1. The summed E-state index contributed by atoms with van der Waals surface area (Å²) >= 11 is 1.45. The summed E-state index contributed by atoms with van der Waals surface area (Å²) < 4.78 is 0. The number of carbonyl (C=O) groups excluding carboxylic acids is 1. The maximum atomic E-state index is 12.6. The number of benzene rings is 2. The molecule has 9 heteroatoms. The first kappa shape index (κ1) is 19.1. The fourth-order valence-corrected chi connectivity index (χ4v) is 4.52. The van der Waals surface area contributed by atoms with Crippen molar-refractivity contribution in [2.24, 2.45) is 0 Å². The monoisotopic (exact) mass is 410 g/mol. The van der Waals surface area contributed by atoms with E-state index < -0.39 is 4.92 Å². The van der Waals surface area contributed by atoms with Gasteiger partial charge >= 0.3 is 0 Å². The third-order valence-electron chi connectivity index (χ3n) is 4.78. The van der Waals surface area contributed by atoms with Gasteiger partial charge in [0.25, 0.3) is 11.2 Å². The average molecular weight is 410 g/mol. The van der Waals surface area contributed by atoms with E-state index in [0.29, 0.717) is 28.2 Å². The minimum Gasteiger partial charge on any atom is -0.319 e. The molecule has 0 saturated carbocycles. The number of nitro benzene ring substituents is 1. The average Bonchev–Trinajstić information content (AvgIpc) is 3.08. The number of rotatable bonds is 4. The number of H-pyrrole nitrogens is 1. The fraction of sp³-hybridized carbons (Fsp3) is 0.250. The van der Waals surface area contributed by atoms with Crippen LogP contribution in [0.5, 0.6) is 0 Å². The lowest BCUT2D eigenvalue weighted by atomic mass is 10.1. The van der Waals surface area contributed by atoms with Crippen molar-refractivity contribution in [2.45, 2.75) is 25.1 Å². The summed E-state index contributed by atoms with van der Waals surface area (Å²) in [5, 5.41) is 10.6. The van der Waals surface area contributed by atoms with E-state index in [-0.39, 0.29) is 28.4 Å². The predicted octanol–water partition coefficient (Wildman–Crippen LogP) is 3.73. The Kier molecular flexibility index (Phi) is 4.83. The molecule has 0 bridgehead atoms. The van der Waals surface area contributed by atoms with E-state index in [2.05, 4.69) is 9.97 Å². The van der Waals surface area contributed by atoms with Gasteiger partial charge in [-0.2, -0.15) is 0 Å². The molecule has 1 aliphatic rings. The molecule has 1 saturated heterocycles. The molecule has 1 N–H and O–H groups in total. The Bertz CT molecular complexity index is 1170. The van der Waals surface area contributed by atoms with Gasteiger partial charge in [0.1, 0.15) is 11.1 Å². The lowest BCUT2D eigenvalue weighted by molar-refractivity contribution is -0.384. The molecule has 1 fully saturated rings. The first-order valence-electron chi connectivity index (χ1n) is 9.07. The van der Waals surface area contributed by atoms with Crippen LogP contribution in [0.4, 0.5) is 11.4 Å².